The molecule has 2 aromatic rings. The number of ether oxygens (including phenoxy) is 1. The van der Waals surface area contributed by atoms with Crippen molar-refractivity contribution in [2.24, 2.45) is 0 Å². The van der Waals surface area contributed by atoms with Crippen LogP contribution < -0.4 is 0 Å². The zero-order chi connectivity index (χ0) is 32.5. The molecule has 5 rings (SSSR count). The van der Waals surface area contributed by atoms with Crippen molar-refractivity contribution in [1.82, 2.24) is 24.1 Å². The number of carbonyl (C=O) groups excluding carboxylic acids is 1. The SMILES string of the molecule is Cc1nc(CCC2CCC(c3cccc(C(F)(F)F)c3)O2)c(C)c(C(=O)N2CCC(N3CCC(N(C)S(C)(=O)=O)CC3)CC2)n1. The molecule has 3 aliphatic heterocycles. The van der Waals surface area contributed by atoms with E-state index in [4.69, 9.17) is 4.74 Å². The standard InChI is InChI=1S/C32H44F3N5O4S/c1-21-28(10-8-27-9-11-29(44-27)23-6-5-7-24(20-23)32(33,34)35)36-22(2)37-30(21)31(41)40-18-14-26(15-19-40)39-16-12-25(13-17-39)38(3)45(4,42)43/h5-7,20,25-27,29H,8-19H2,1-4H3. The van der Waals surface area contributed by atoms with Crippen LogP contribution >= 0.6 is 0 Å². The van der Waals surface area contributed by atoms with Gasteiger partial charge >= 0.3 is 6.18 Å². The molecule has 3 aliphatic rings. The Hall–Kier alpha value is -2.61. The molecule has 13 heteroatoms. The third-order valence-electron chi connectivity index (χ3n) is 9.76. The number of nitrogens with zero attached hydrogens (tertiary/aromatic N) is 5. The molecule has 0 bridgehead atoms. The maximum absolute atomic E-state index is 13.6. The Morgan fingerprint density at radius 2 is 1.71 bits per heavy atom. The highest BCUT2D eigenvalue weighted by Gasteiger charge is 2.35. The second-order valence-electron chi connectivity index (χ2n) is 12.7. The Morgan fingerprint density at radius 1 is 1.02 bits per heavy atom. The number of carbonyl (C=O) groups is 1. The largest absolute Gasteiger partial charge is 0.416 e. The van der Waals surface area contributed by atoms with Crippen molar-refractivity contribution in [3.05, 3.63) is 58.2 Å². The quantitative estimate of drug-likeness (QED) is 0.400. The average Bonchev–Trinajstić information content (AvgIpc) is 3.49. The highest BCUT2D eigenvalue weighted by molar-refractivity contribution is 7.88. The molecule has 0 aliphatic carbocycles. The fourth-order valence-electron chi connectivity index (χ4n) is 6.98. The van der Waals surface area contributed by atoms with Crippen LogP contribution in [0.2, 0.25) is 0 Å². The fourth-order valence-corrected chi connectivity index (χ4v) is 7.74. The van der Waals surface area contributed by atoms with Gasteiger partial charge < -0.3 is 14.5 Å². The molecule has 2 unspecified atom stereocenters. The molecule has 2 atom stereocenters. The summed E-state index contributed by atoms with van der Waals surface area (Å²) in [5.74, 6) is 0.442. The Kier molecular flexibility index (Phi) is 10.2. The van der Waals surface area contributed by atoms with Crippen LogP contribution in [0.3, 0.4) is 0 Å². The van der Waals surface area contributed by atoms with E-state index in [2.05, 4.69) is 14.9 Å². The van der Waals surface area contributed by atoms with Gasteiger partial charge in [0.1, 0.15) is 11.5 Å². The van der Waals surface area contributed by atoms with Crippen molar-refractivity contribution in [3.8, 4) is 0 Å². The lowest BCUT2D eigenvalue weighted by atomic mass is 9.97. The highest BCUT2D eigenvalue weighted by Crippen LogP contribution is 2.37. The molecule has 0 spiro atoms. The summed E-state index contributed by atoms with van der Waals surface area (Å²) in [7, 11) is -1.54. The first-order valence-electron chi connectivity index (χ1n) is 15.8. The van der Waals surface area contributed by atoms with Crippen molar-refractivity contribution >= 4 is 15.9 Å². The maximum atomic E-state index is 13.6. The molecule has 9 nitrogen and oxygen atoms in total. The zero-order valence-corrected chi connectivity index (χ0v) is 27.3. The minimum atomic E-state index is -4.39. The van der Waals surface area contributed by atoms with Crippen molar-refractivity contribution in [2.75, 3.05) is 39.5 Å². The summed E-state index contributed by atoms with van der Waals surface area (Å²) in [6, 6.07) is 5.76. The molecule has 0 N–H and O–H groups in total. The summed E-state index contributed by atoms with van der Waals surface area (Å²) in [6.45, 7) is 6.64. The molecule has 1 aromatic carbocycles. The molecule has 3 fully saturated rings. The topological polar surface area (TPSA) is 95.9 Å². The first-order chi connectivity index (χ1) is 21.2. The molecule has 0 saturated carbocycles. The molecule has 3 saturated heterocycles. The van der Waals surface area contributed by atoms with E-state index in [1.54, 1.807) is 20.0 Å². The third kappa shape index (κ3) is 8.04. The van der Waals surface area contributed by atoms with Gasteiger partial charge in [0.25, 0.3) is 5.91 Å². The number of sulfonamides is 1. The molecule has 4 heterocycles. The number of alkyl halides is 3. The highest BCUT2D eigenvalue weighted by atomic mass is 32.2. The lowest BCUT2D eigenvalue weighted by Crippen LogP contribution is -2.52. The Balaban J connectivity index is 1.14. The number of hydrogen-bond donors (Lipinski definition) is 0. The third-order valence-corrected chi connectivity index (χ3v) is 11.1. The van der Waals surface area contributed by atoms with Crippen molar-refractivity contribution in [2.45, 2.75) is 95.7 Å². The minimum absolute atomic E-state index is 0.0353. The summed E-state index contributed by atoms with van der Waals surface area (Å²) in [5, 5.41) is 0. The molecule has 248 valence electrons. The Morgan fingerprint density at radius 3 is 2.36 bits per heavy atom. The molecule has 1 amide bonds. The van der Waals surface area contributed by atoms with Crippen LogP contribution in [-0.2, 0) is 27.4 Å². The number of hydrogen-bond acceptors (Lipinski definition) is 7. The van der Waals surface area contributed by atoms with Gasteiger partial charge in [-0.3, -0.25) is 4.79 Å². The summed E-state index contributed by atoms with van der Waals surface area (Å²) in [5.41, 5.74) is 1.86. The zero-order valence-electron chi connectivity index (χ0n) is 26.5. The van der Waals surface area contributed by atoms with Gasteiger partial charge in [0, 0.05) is 43.5 Å². The summed E-state index contributed by atoms with van der Waals surface area (Å²) in [6.07, 6.45) is 2.37. The van der Waals surface area contributed by atoms with Crippen molar-refractivity contribution in [1.29, 1.82) is 0 Å². The predicted molar refractivity (Wildman–Crippen MR) is 164 cm³/mol. The average molecular weight is 652 g/mol. The first kappa shape index (κ1) is 33.7. The number of aromatic nitrogens is 2. The van der Waals surface area contributed by atoms with E-state index < -0.39 is 21.8 Å². The van der Waals surface area contributed by atoms with Crippen molar-refractivity contribution < 1.29 is 31.1 Å². The van der Waals surface area contributed by atoms with E-state index in [0.717, 1.165) is 62.5 Å². The van der Waals surface area contributed by atoms with E-state index >= 15 is 0 Å². The van der Waals surface area contributed by atoms with Gasteiger partial charge in [-0.1, -0.05) is 12.1 Å². The number of piperidine rings is 2. The molecule has 45 heavy (non-hydrogen) atoms. The van der Waals surface area contributed by atoms with Crippen LogP contribution in [0.15, 0.2) is 24.3 Å². The van der Waals surface area contributed by atoms with Gasteiger partial charge in [-0.25, -0.2) is 22.7 Å². The summed E-state index contributed by atoms with van der Waals surface area (Å²) < 4.78 is 71.0. The number of benzene rings is 1. The smallest absolute Gasteiger partial charge is 0.370 e. The van der Waals surface area contributed by atoms with E-state index in [0.29, 0.717) is 55.5 Å². The Labute approximate surface area is 264 Å². The van der Waals surface area contributed by atoms with E-state index in [9.17, 15) is 26.4 Å². The van der Waals surface area contributed by atoms with Gasteiger partial charge in [-0.05, 0) is 96.0 Å². The van der Waals surface area contributed by atoms with Crippen LogP contribution in [0.4, 0.5) is 13.2 Å². The van der Waals surface area contributed by atoms with Crippen LogP contribution in [0.1, 0.15) is 89.7 Å². The van der Waals surface area contributed by atoms with Gasteiger partial charge in [-0.2, -0.15) is 13.2 Å². The fraction of sp³-hybridized carbons (Fsp3) is 0.656. The lowest BCUT2D eigenvalue weighted by molar-refractivity contribution is -0.137. The normalized spacial score (nSPS) is 22.8. The molecular weight excluding hydrogens is 607 g/mol. The van der Waals surface area contributed by atoms with Crippen LogP contribution in [0.5, 0.6) is 0 Å². The van der Waals surface area contributed by atoms with Gasteiger partial charge in [-0.15, -0.1) is 0 Å². The minimum Gasteiger partial charge on any atom is -0.370 e. The van der Waals surface area contributed by atoms with E-state index in [1.807, 2.05) is 11.8 Å². The van der Waals surface area contributed by atoms with E-state index in [-0.39, 0.29) is 24.2 Å². The molecule has 1 aromatic heterocycles. The van der Waals surface area contributed by atoms with Crippen LogP contribution in [0.25, 0.3) is 0 Å². The number of amides is 1. The van der Waals surface area contributed by atoms with Gasteiger partial charge in [0.15, 0.2) is 0 Å². The molecular formula is C32H44F3N5O4S. The van der Waals surface area contributed by atoms with Crippen LogP contribution in [0, 0.1) is 13.8 Å². The number of halogens is 3. The monoisotopic (exact) mass is 651 g/mol. The predicted octanol–water partition coefficient (Wildman–Crippen LogP) is 4.93. The first-order valence-corrected chi connectivity index (χ1v) is 17.7. The summed E-state index contributed by atoms with van der Waals surface area (Å²) >= 11 is 0. The molecule has 0 radical (unpaired) electrons. The summed E-state index contributed by atoms with van der Waals surface area (Å²) in [4.78, 5) is 27.1. The number of likely N-dealkylation sites (tertiary alicyclic amines) is 2. The lowest BCUT2D eigenvalue weighted by Gasteiger charge is -2.43. The van der Waals surface area contributed by atoms with E-state index in [1.165, 1.54) is 22.7 Å². The van der Waals surface area contributed by atoms with Crippen molar-refractivity contribution in [3.63, 3.8) is 0 Å². The number of rotatable bonds is 8. The van der Waals surface area contributed by atoms with Gasteiger partial charge in [0.2, 0.25) is 10.0 Å². The Bertz CT molecular complexity index is 1470. The van der Waals surface area contributed by atoms with Crippen LogP contribution in [-0.4, -0.2) is 96.1 Å². The van der Waals surface area contributed by atoms with Gasteiger partial charge in [0.05, 0.1) is 24.0 Å². The second kappa shape index (κ2) is 13.6. The second-order valence-corrected chi connectivity index (χ2v) is 14.8. The number of aryl methyl sites for hydroxylation is 2. The maximum Gasteiger partial charge on any atom is 0.416 e.